The summed E-state index contributed by atoms with van der Waals surface area (Å²) in [5.41, 5.74) is 1.43. The molecule has 0 atom stereocenters. The molecule has 2 amide bonds. The first kappa shape index (κ1) is 23.4. The van der Waals surface area contributed by atoms with Crippen molar-refractivity contribution in [3.63, 3.8) is 0 Å². The summed E-state index contributed by atoms with van der Waals surface area (Å²) in [6.45, 7) is 2.00. The van der Waals surface area contributed by atoms with Gasteiger partial charge in [-0.05, 0) is 54.8 Å². The highest BCUT2D eigenvalue weighted by molar-refractivity contribution is 6.06. The minimum absolute atomic E-state index is 0.117. The maximum absolute atomic E-state index is 13.1. The van der Waals surface area contributed by atoms with Crippen LogP contribution >= 0.6 is 0 Å². The molecule has 0 radical (unpaired) electrons. The van der Waals surface area contributed by atoms with E-state index >= 15 is 0 Å². The number of halogens is 3. The molecule has 0 saturated carbocycles. The minimum Gasteiger partial charge on any atom is -0.371 e. The van der Waals surface area contributed by atoms with Crippen molar-refractivity contribution in [2.75, 3.05) is 23.3 Å². The smallest absolute Gasteiger partial charge is 0.371 e. The summed E-state index contributed by atoms with van der Waals surface area (Å²) >= 11 is 0. The summed E-state index contributed by atoms with van der Waals surface area (Å²) in [5, 5.41) is 5.53. The fourth-order valence-corrected chi connectivity index (χ4v) is 3.94. The molecule has 0 unspecified atom stereocenters. The highest BCUT2D eigenvalue weighted by atomic mass is 19.4. The van der Waals surface area contributed by atoms with Gasteiger partial charge in [-0.2, -0.15) is 13.2 Å². The number of amides is 2. The van der Waals surface area contributed by atoms with Gasteiger partial charge >= 0.3 is 6.18 Å². The summed E-state index contributed by atoms with van der Waals surface area (Å²) < 4.78 is 39.0. The molecule has 0 spiro atoms. The van der Waals surface area contributed by atoms with E-state index in [9.17, 15) is 22.8 Å². The van der Waals surface area contributed by atoms with Gasteiger partial charge in [0.05, 0.1) is 11.1 Å². The summed E-state index contributed by atoms with van der Waals surface area (Å²) in [5.74, 6) is -0.975. The van der Waals surface area contributed by atoms with Crippen LogP contribution in [0.25, 0.3) is 0 Å². The summed E-state index contributed by atoms with van der Waals surface area (Å²) in [4.78, 5) is 27.8. The summed E-state index contributed by atoms with van der Waals surface area (Å²) in [6, 6.07) is 18.7. The Morgan fingerprint density at radius 2 is 1.59 bits per heavy atom. The number of carbonyl (C=O) groups is 2. The zero-order valence-electron chi connectivity index (χ0n) is 18.4. The molecule has 8 heteroatoms. The quantitative estimate of drug-likeness (QED) is 0.504. The largest absolute Gasteiger partial charge is 0.416 e. The molecule has 1 saturated heterocycles. The van der Waals surface area contributed by atoms with Gasteiger partial charge in [-0.3, -0.25) is 9.59 Å². The van der Waals surface area contributed by atoms with Crippen LogP contribution in [-0.2, 0) is 12.7 Å². The molecule has 4 rings (SSSR count). The van der Waals surface area contributed by atoms with Crippen LogP contribution < -0.4 is 15.5 Å². The summed E-state index contributed by atoms with van der Waals surface area (Å²) in [7, 11) is 0. The standard InChI is InChI=1S/C26H24F3N3O2/c27-26(28,29)20-10-6-9-19(15-20)24(33)31-21-11-12-23(32-13-4-5-14-32)22(16-21)25(34)30-17-18-7-2-1-3-8-18/h1-3,6-12,15-16H,4-5,13-14,17H2,(H,30,34)(H,31,33). The van der Waals surface area contributed by atoms with Crippen LogP contribution in [0, 0.1) is 0 Å². The van der Waals surface area contributed by atoms with E-state index in [1.807, 2.05) is 30.3 Å². The molecule has 1 aliphatic rings. The van der Waals surface area contributed by atoms with Crippen molar-refractivity contribution in [3.05, 3.63) is 95.1 Å². The van der Waals surface area contributed by atoms with Gasteiger partial charge in [-0.1, -0.05) is 36.4 Å². The average Bonchev–Trinajstić information content (AvgIpc) is 3.37. The lowest BCUT2D eigenvalue weighted by Crippen LogP contribution is -2.27. The molecule has 0 aromatic heterocycles. The first-order valence-corrected chi connectivity index (χ1v) is 11.0. The van der Waals surface area contributed by atoms with Gasteiger partial charge < -0.3 is 15.5 Å². The molecule has 1 aliphatic heterocycles. The van der Waals surface area contributed by atoms with Crippen LogP contribution in [-0.4, -0.2) is 24.9 Å². The molecule has 0 aliphatic carbocycles. The van der Waals surface area contributed by atoms with E-state index in [4.69, 9.17) is 0 Å². The molecule has 5 nitrogen and oxygen atoms in total. The number of carbonyl (C=O) groups excluding carboxylic acids is 2. The Balaban J connectivity index is 1.56. The van der Waals surface area contributed by atoms with Crippen molar-refractivity contribution in [1.82, 2.24) is 5.32 Å². The number of benzene rings is 3. The van der Waals surface area contributed by atoms with Crippen LogP contribution in [0.3, 0.4) is 0 Å². The number of alkyl halides is 3. The first-order chi connectivity index (χ1) is 16.3. The van der Waals surface area contributed by atoms with Crippen molar-refractivity contribution >= 4 is 23.2 Å². The Morgan fingerprint density at radius 3 is 2.29 bits per heavy atom. The normalized spacial score (nSPS) is 13.6. The topological polar surface area (TPSA) is 61.4 Å². The number of nitrogens with zero attached hydrogens (tertiary/aromatic N) is 1. The van der Waals surface area contributed by atoms with Crippen molar-refractivity contribution < 1.29 is 22.8 Å². The van der Waals surface area contributed by atoms with Gasteiger partial charge in [-0.25, -0.2) is 0 Å². The maximum atomic E-state index is 13.1. The summed E-state index contributed by atoms with van der Waals surface area (Å²) in [6.07, 6.45) is -2.49. The highest BCUT2D eigenvalue weighted by Gasteiger charge is 2.31. The van der Waals surface area contributed by atoms with Crippen molar-refractivity contribution in [3.8, 4) is 0 Å². The Kier molecular flexibility index (Phi) is 6.86. The Labute approximate surface area is 195 Å². The van der Waals surface area contributed by atoms with E-state index in [1.165, 1.54) is 12.1 Å². The molecule has 0 bridgehead atoms. The molecule has 1 fully saturated rings. The molecule has 3 aromatic carbocycles. The molecule has 34 heavy (non-hydrogen) atoms. The third-order valence-electron chi connectivity index (χ3n) is 5.69. The SMILES string of the molecule is O=C(Nc1ccc(N2CCCC2)c(C(=O)NCc2ccccc2)c1)c1cccc(C(F)(F)F)c1. The van der Waals surface area contributed by atoms with Crippen molar-refractivity contribution in [2.45, 2.75) is 25.6 Å². The third-order valence-corrected chi connectivity index (χ3v) is 5.69. The molecular weight excluding hydrogens is 443 g/mol. The predicted molar refractivity (Wildman–Crippen MR) is 125 cm³/mol. The number of nitrogens with one attached hydrogen (secondary N) is 2. The van der Waals surface area contributed by atoms with E-state index in [2.05, 4.69) is 15.5 Å². The number of hydrogen-bond acceptors (Lipinski definition) is 3. The van der Waals surface area contributed by atoms with Crippen molar-refractivity contribution in [1.29, 1.82) is 0 Å². The predicted octanol–water partition coefficient (Wildman–Crippen LogP) is 5.49. The second-order valence-corrected chi connectivity index (χ2v) is 8.13. The Morgan fingerprint density at radius 1 is 0.853 bits per heavy atom. The fraction of sp³-hybridized carbons (Fsp3) is 0.231. The average molecular weight is 467 g/mol. The van der Waals surface area contributed by atoms with Gasteiger partial charge in [0.1, 0.15) is 0 Å². The van der Waals surface area contributed by atoms with Gasteiger partial charge in [0.15, 0.2) is 0 Å². The van der Waals surface area contributed by atoms with Gasteiger partial charge in [0.25, 0.3) is 11.8 Å². The van der Waals surface area contributed by atoms with E-state index in [1.54, 1.807) is 18.2 Å². The molecule has 176 valence electrons. The zero-order chi connectivity index (χ0) is 24.1. The number of anilines is 2. The van der Waals surface area contributed by atoms with Gasteiger partial charge in [0.2, 0.25) is 0 Å². The second kappa shape index (κ2) is 9.99. The van der Waals surface area contributed by atoms with Crippen molar-refractivity contribution in [2.24, 2.45) is 0 Å². The maximum Gasteiger partial charge on any atom is 0.416 e. The Hall–Kier alpha value is -3.81. The van der Waals surface area contributed by atoms with Crippen LogP contribution in [0.5, 0.6) is 0 Å². The van der Waals surface area contributed by atoms with Crippen LogP contribution in [0.1, 0.15) is 44.7 Å². The van der Waals surface area contributed by atoms with Crippen LogP contribution in [0.2, 0.25) is 0 Å². The second-order valence-electron chi connectivity index (χ2n) is 8.13. The fourth-order valence-electron chi connectivity index (χ4n) is 3.94. The molecular formula is C26H24F3N3O2. The number of rotatable bonds is 6. The monoisotopic (exact) mass is 467 g/mol. The van der Waals surface area contributed by atoms with E-state index in [0.717, 1.165) is 49.3 Å². The van der Waals surface area contributed by atoms with E-state index in [-0.39, 0.29) is 11.5 Å². The molecule has 1 heterocycles. The van der Waals surface area contributed by atoms with E-state index in [0.29, 0.717) is 17.8 Å². The lowest BCUT2D eigenvalue weighted by atomic mass is 10.1. The zero-order valence-corrected chi connectivity index (χ0v) is 18.4. The number of hydrogen-bond donors (Lipinski definition) is 2. The first-order valence-electron chi connectivity index (χ1n) is 11.0. The van der Waals surface area contributed by atoms with Gasteiger partial charge in [0, 0.05) is 36.6 Å². The molecule has 3 aromatic rings. The van der Waals surface area contributed by atoms with E-state index < -0.39 is 17.6 Å². The van der Waals surface area contributed by atoms with Gasteiger partial charge in [-0.15, -0.1) is 0 Å². The lowest BCUT2D eigenvalue weighted by Gasteiger charge is -2.22. The Bertz CT molecular complexity index is 1170. The molecule has 2 N–H and O–H groups in total. The lowest BCUT2D eigenvalue weighted by molar-refractivity contribution is -0.137. The minimum atomic E-state index is -4.54. The van der Waals surface area contributed by atoms with Crippen LogP contribution in [0.4, 0.5) is 24.5 Å². The highest BCUT2D eigenvalue weighted by Crippen LogP contribution is 2.30. The van der Waals surface area contributed by atoms with Crippen LogP contribution in [0.15, 0.2) is 72.8 Å². The third kappa shape index (κ3) is 5.57.